The summed E-state index contributed by atoms with van der Waals surface area (Å²) in [6.45, 7) is 6.70. The molecule has 0 saturated carbocycles. The van der Waals surface area contributed by atoms with Gasteiger partial charge in [-0.1, -0.05) is 0 Å². The molecule has 2 aromatic heterocycles. The highest BCUT2D eigenvalue weighted by molar-refractivity contribution is 9.10. The van der Waals surface area contributed by atoms with Crippen LogP contribution in [0, 0.1) is 0 Å². The summed E-state index contributed by atoms with van der Waals surface area (Å²) in [6.07, 6.45) is 3.64. The number of aromatic nitrogens is 2. The molecule has 0 aliphatic carbocycles. The molecule has 3 heterocycles. The predicted molar refractivity (Wildman–Crippen MR) is 93.7 cm³/mol. The van der Waals surface area contributed by atoms with Crippen LogP contribution >= 0.6 is 15.9 Å². The largest absolute Gasteiger partial charge is 0.443 e. The van der Waals surface area contributed by atoms with Crippen LogP contribution in [0.25, 0.3) is 10.9 Å². The molecule has 1 atom stereocenters. The smallest absolute Gasteiger partial charge is 0.419 e. The molecule has 0 unspecified atom stereocenters. The number of pyridine rings is 1. The Balaban J connectivity index is 2.15. The van der Waals surface area contributed by atoms with Gasteiger partial charge in [-0.25, -0.2) is 14.3 Å². The number of rotatable bonds is 1. The summed E-state index contributed by atoms with van der Waals surface area (Å²) >= 11 is 3.39. The van der Waals surface area contributed by atoms with E-state index in [-0.39, 0.29) is 12.1 Å². The maximum atomic E-state index is 12.8. The van der Waals surface area contributed by atoms with Crippen molar-refractivity contribution in [2.75, 3.05) is 13.6 Å². The van der Waals surface area contributed by atoms with Crippen LogP contribution in [0.5, 0.6) is 0 Å². The Morgan fingerprint density at radius 1 is 1.39 bits per heavy atom. The molecular formula is C17H22BrN3O2. The quantitative estimate of drug-likeness (QED) is 0.691. The number of nitrogens with zero attached hydrogens (tertiary/aromatic N) is 3. The topological polar surface area (TPSA) is 47.4 Å². The van der Waals surface area contributed by atoms with E-state index in [0.29, 0.717) is 4.60 Å². The maximum Gasteiger partial charge on any atom is 0.419 e. The van der Waals surface area contributed by atoms with Crippen LogP contribution in [-0.2, 0) is 4.74 Å². The van der Waals surface area contributed by atoms with Gasteiger partial charge in [0.1, 0.15) is 10.2 Å². The fourth-order valence-electron chi connectivity index (χ4n) is 3.14. The summed E-state index contributed by atoms with van der Waals surface area (Å²) in [6, 6.07) is 4.16. The first-order valence-electron chi connectivity index (χ1n) is 7.87. The Labute approximate surface area is 144 Å². The molecule has 5 nitrogen and oxygen atoms in total. The number of likely N-dealkylation sites (tertiary alicyclic amines) is 1. The highest BCUT2D eigenvalue weighted by Gasteiger charge is 2.30. The third-order valence-corrected chi connectivity index (χ3v) is 4.55. The Hall–Kier alpha value is -1.40. The van der Waals surface area contributed by atoms with Crippen LogP contribution in [0.15, 0.2) is 22.9 Å². The van der Waals surface area contributed by atoms with E-state index >= 15 is 0 Å². The lowest BCUT2D eigenvalue weighted by Gasteiger charge is -2.24. The SMILES string of the molecule is CN1CCC[C@H]1c1cc2cnc(Br)cc2n1C(=O)OC(C)(C)C. The van der Waals surface area contributed by atoms with Gasteiger partial charge in [0.2, 0.25) is 0 Å². The number of hydrogen-bond acceptors (Lipinski definition) is 4. The molecule has 23 heavy (non-hydrogen) atoms. The fourth-order valence-corrected chi connectivity index (χ4v) is 3.46. The lowest BCUT2D eigenvalue weighted by Crippen LogP contribution is -2.30. The van der Waals surface area contributed by atoms with Crippen molar-refractivity contribution in [2.45, 2.75) is 45.3 Å². The molecule has 0 aromatic carbocycles. The van der Waals surface area contributed by atoms with Crippen molar-refractivity contribution in [1.82, 2.24) is 14.5 Å². The average molecular weight is 380 g/mol. The van der Waals surface area contributed by atoms with Crippen molar-refractivity contribution in [2.24, 2.45) is 0 Å². The van der Waals surface area contributed by atoms with Gasteiger partial charge < -0.3 is 4.74 Å². The number of carbonyl (C=O) groups excluding carboxylic acids is 1. The molecular weight excluding hydrogens is 358 g/mol. The second-order valence-electron chi connectivity index (χ2n) is 7.09. The lowest BCUT2D eigenvalue weighted by atomic mass is 10.1. The van der Waals surface area contributed by atoms with E-state index in [4.69, 9.17) is 4.74 Å². The highest BCUT2D eigenvalue weighted by Crippen LogP contribution is 2.35. The molecule has 1 aliphatic heterocycles. The van der Waals surface area contributed by atoms with Gasteiger partial charge in [-0.05, 0) is 75.3 Å². The normalized spacial score (nSPS) is 19.4. The fraction of sp³-hybridized carbons (Fsp3) is 0.529. The number of halogens is 1. The minimum absolute atomic E-state index is 0.230. The van der Waals surface area contributed by atoms with E-state index in [2.05, 4.69) is 38.9 Å². The third kappa shape index (κ3) is 3.28. The number of carbonyl (C=O) groups is 1. The Morgan fingerprint density at radius 3 is 2.74 bits per heavy atom. The summed E-state index contributed by atoms with van der Waals surface area (Å²) in [4.78, 5) is 19.4. The molecule has 0 radical (unpaired) electrons. The number of fused-ring (bicyclic) bond motifs is 1. The van der Waals surface area contributed by atoms with Crippen LogP contribution in [0.3, 0.4) is 0 Å². The van der Waals surface area contributed by atoms with Crippen LogP contribution in [0.1, 0.15) is 45.3 Å². The van der Waals surface area contributed by atoms with Crippen LogP contribution < -0.4 is 0 Å². The first kappa shape index (κ1) is 16.5. The average Bonchev–Trinajstić information content (AvgIpc) is 2.99. The minimum atomic E-state index is -0.531. The standard InChI is InChI=1S/C17H22BrN3O2/c1-17(2,3)23-16(22)21-13-9-15(18)19-10-11(13)8-14(21)12-6-5-7-20(12)4/h8-10,12H,5-7H2,1-4H3/t12-/m0/s1. The van der Waals surface area contributed by atoms with Crippen molar-refractivity contribution in [3.05, 3.63) is 28.6 Å². The van der Waals surface area contributed by atoms with E-state index in [0.717, 1.165) is 36.0 Å². The molecule has 0 bridgehead atoms. The van der Waals surface area contributed by atoms with E-state index in [9.17, 15) is 4.79 Å². The summed E-state index contributed by atoms with van der Waals surface area (Å²) in [5.41, 5.74) is 1.28. The third-order valence-electron chi connectivity index (χ3n) is 4.12. The zero-order valence-corrected chi connectivity index (χ0v) is 15.6. The van der Waals surface area contributed by atoms with E-state index in [1.54, 1.807) is 10.8 Å². The van der Waals surface area contributed by atoms with Crippen LogP contribution in [0.4, 0.5) is 4.79 Å². The Morgan fingerprint density at radius 2 is 2.13 bits per heavy atom. The minimum Gasteiger partial charge on any atom is -0.443 e. The summed E-state index contributed by atoms with van der Waals surface area (Å²) < 4.78 is 8.05. The Bertz CT molecular complexity index is 748. The zero-order valence-electron chi connectivity index (χ0n) is 14.0. The van der Waals surface area contributed by atoms with Crippen LogP contribution in [0.2, 0.25) is 0 Å². The number of ether oxygens (including phenoxy) is 1. The molecule has 0 spiro atoms. The molecule has 124 valence electrons. The molecule has 2 aromatic rings. The van der Waals surface area contributed by atoms with Gasteiger partial charge in [0.25, 0.3) is 0 Å². The van der Waals surface area contributed by atoms with Gasteiger partial charge in [-0.2, -0.15) is 0 Å². The van der Waals surface area contributed by atoms with Gasteiger partial charge in [-0.15, -0.1) is 0 Å². The number of hydrogen-bond donors (Lipinski definition) is 0. The summed E-state index contributed by atoms with van der Waals surface area (Å²) in [5, 5.41) is 0.953. The van der Waals surface area contributed by atoms with Gasteiger partial charge in [0.05, 0.1) is 11.6 Å². The van der Waals surface area contributed by atoms with Crippen molar-refractivity contribution in [3.63, 3.8) is 0 Å². The lowest BCUT2D eigenvalue weighted by molar-refractivity contribution is 0.0534. The first-order chi connectivity index (χ1) is 10.8. The second kappa shape index (κ2) is 5.91. The summed E-state index contributed by atoms with van der Waals surface area (Å²) in [7, 11) is 2.10. The second-order valence-corrected chi connectivity index (χ2v) is 7.90. The van der Waals surface area contributed by atoms with Crippen molar-refractivity contribution >= 4 is 32.9 Å². The van der Waals surface area contributed by atoms with Crippen molar-refractivity contribution in [1.29, 1.82) is 0 Å². The monoisotopic (exact) mass is 379 g/mol. The van der Waals surface area contributed by atoms with Crippen molar-refractivity contribution < 1.29 is 9.53 Å². The van der Waals surface area contributed by atoms with Gasteiger partial charge in [0.15, 0.2) is 0 Å². The Kier molecular flexibility index (Phi) is 4.23. The molecule has 6 heteroatoms. The molecule has 1 saturated heterocycles. The zero-order chi connectivity index (χ0) is 16.8. The van der Waals surface area contributed by atoms with Gasteiger partial charge in [0, 0.05) is 17.3 Å². The molecule has 3 rings (SSSR count). The highest BCUT2D eigenvalue weighted by atomic mass is 79.9. The van der Waals surface area contributed by atoms with E-state index in [1.807, 2.05) is 26.8 Å². The summed E-state index contributed by atoms with van der Waals surface area (Å²) in [5.74, 6) is 0. The molecule has 0 N–H and O–H groups in total. The van der Waals surface area contributed by atoms with Gasteiger partial charge >= 0.3 is 6.09 Å². The first-order valence-corrected chi connectivity index (χ1v) is 8.66. The molecule has 1 aliphatic rings. The maximum absolute atomic E-state index is 12.8. The van der Waals surface area contributed by atoms with E-state index in [1.165, 1.54) is 0 Å². The molecule has 0 amide bonds. The predicted octanol–water partition coefficient (Wildman–Crippen LogP) is 4.35. The van der Waals surface area contributed by atoms with Crippen LogP contribution in [-0.4, -0.2) is 39.7 Å². The van der Waals surface area contributed by atoms with Gasteiger partial charge in [-0.3, -0.25) is 4.90 Å². The molecule has 1 fully saturated rings. The van der Waals surface area contributed by atoms with Crippen molar-refractivity contribution in [3.8, 4) is 0 Å². The van der Waals surface area contributed by atoms with E-state index < -0.39 is 5.60 Å².